The first kappa shape index (κ1) is 13.3. The molecule has 1 heterocycles. The van der Waals surface area contributed by atoms with Gasteiger partial charge in [-0.15, -0.1) is 0 Å². The van der Waals surface area contributed by atoms with Gasteiger partial charge in [0.25, 0.3) is 0 Å². The van der Waals surface area contributed by atoms with Crippen LogP contribution in [0.25, 0.3) is 0 Å². The number of nitrogens with zero attached hydrogens (tertiary/aromatic N) is 3. The van der Waals surface area contributed by atoms with Crippen molar-refractivity contribution in [1.82, 2.24) is 15.0 Å². The van der Waals surface area contributed by atoms with E-state index in [4.69, 9.17) is 11.6 Å². The van der Waals surface area contributed by atoms with E-state index < -0.39 is 0 Å². The average Bonchev–Trinajstić information content (AvgIpc) is 2.58. The highest BCUT2D eigenvalue weighted by atomic mass is 35.5. The number of hydrogen-bond acceptors (Lipinski definition) is 5. The minimum Gasteiger partial charge on any atom is -0.354 e. The molecule has 2 N–H and O–H groups in total. The number of aromatic nitrogens is 3. The molecule has 1 fully saturated rings. The van der Waals surface area contributed by atoms with E-state index in [-0.39, 0.29) is 10.7 Å². The van der Waals surface area contributed by atoms with Crippen LogP contribution < -0.4 is 10.6 Å². The third-order valence-corrected chi connectivity index (χ3v) is 3.67. The Morgan fingerprint density at radius 3 is 2.61 bits per heavy atom. The molecule has 0 aliphatic heterocycles. The SMILES string of the molecule is CCNc1nc(Cl)nc(NC2CCCC2(C)C)n1. The summed E-state index contributed by atoms with van der Waals surface area (Å²) in [5, 5.41) is 6.65. The Labute approximate surface area is 113 Å². The monoisotopic (exact) mass is 269 g/mol. The zero-order chi connectivity index (χ0) is 13.2. The van der Waals surface area contributed by atoms with Gasteiger partial charge in [-0.2, -0.15) is 15.0 Å². The predicted molar refractivity (Wildman–Crippen MR) is 74.0 cm³/mol. The molecule has 1 aliphatic carbocycles. The van der Waals surface area contributed by atoms with Crippen molar-refractivity contribution in [2.24, 2.45) is 5.41 Å². The first-order chi connectivity index (χ1) is 8.51. The second kappa shape index (κ2) is 5.26. The zero-order valence-electron chi connectivity index (χ0n) is 11.1. The summed E-state index contributed by atoms with van der Waals surface area (Å²) in [6.45, 7) is 7.29. The van der Waals surface area contributed by atoms with Crippen molar-refractivity contribution in [3.63, 3.8) is 0 Å². The maximum atomic E-state index is 5.90. The summed E-state index contributed by atoms with van der Waals surface area (Å²) in [5.41, 5.74) is 0.275. The molecule has 6 heteroatoms. The van der Waals surface area contributed by atoms with E-state index in [0.717, 1.165) is 13.0 Å². The molecule has 5 nitrogen and oxygen atoms in total. The Hall–Kier alpha value is -1.10. The lowest BCUT2D eigenvalue weighted by Gasteiger charge is -2.27. The van der Waals surface area contributed by atoms with E-state index in [1.807, 2.05) is 6.92 Å². The van der Waals surface area contributed by atoms with E-state index in [2.05, 4.69) is 39.4 Å². The molecule has 1 aromatic heterocycles. The van der Waals surface area contributed by atoms with Crippen LogP contribution in [-0.4, -0.2) is 27.5 Å². The molecule has 18 heavy (non-hydrogen) atoms. The molecule has 0 saturated heterocycles. The highest BCUT2D eigenvalue weighted by Gasteiger charge is 2.34. The summed E-state index contributed by atoms with van der Waals surface area (Å²) in [6.07, 6.45) is 3.61. The highest BCUT2D eigenvalue weighted by molar-refractivity contribution is 6.28. The van der Waals surface area contributed by atoms with Crippen LogP contribution in [0.15, 0.2) is 0 Å². The van der Waals surface area contributed by atoms with E-state index in [0.29, 0.717) is 17.9 Å². The molecule has 1 unspecified atom stereocenters. The first-order valence-electron chi connectivity index (χ1n) is 6.43. The number of rotatable bonds is 4. The van der Waals surface area contributed by atoms with Crippen molar-refractivity contribution >= 4 is 23.5 Å². The molecule has 1 aliphatic rings. The topological polar surface area (TPSA) is 62.7 Å². The van der Waals surface area contributed by atoms with E-state index in [1.165, 1.54) is 12.8 Å². The van der Waals surface area contributed by atoms with Gasteiger partial charge < -0.3 is 10.6 Å². The summed E-state index contributed by atoms with van der Waals surface area (Å²) in [5.74, 6) is 1.08. The van der Waals surface area contributed by atoms with Crippen LogP contribution in [0.4, 0.5) is 11.9 Å². The van der Waals surface area contributed by atoms with Crippen molar-refractivity contribution < 1.29 is 0 Å². The molecule has 0 amide bonds. The van der Waals surface area contributed by atoms with Crippen molar-refractivity contribution in [3.8, 4) is 0 Å². The predicted octanol–water partition coefficient (Wildman–Crippen LogP) is 2.95. The van der Waals surface area contributed by atoms with Crippen molar-refractivity contribution in [2.45, 2.75) is 46.1 Å². The molecule has 1 atom stereocenters. The second-order valence-corrected chi connectivity index (χ2v) is 5.70. The normalized spacial score (nSPS) is 21.9. The molecule has 2 rings (SSSR count). The van der Waals surface area contributed by atoms with Crippen LogP contribution in [0, 0.1) is 5.41 Å². The quantitative estimate of drug-likeness (QED) is 0.880. The summed E-state index contributed by atoms with van der Waals surface area (Å²) >= 11 is 5.90. The molecule has 100 valence electrons. The van der Waals surface area contributed by atoms with Crippen LogP contribution >= 0.6 is 11.6 Å². The van der Waals surface area contributed by atoms with Crippen molar-refractivity contribution in [1.29, 1.82) is 0 Å². The molecule has 1 saturated carbocycles. The van der Waals surface area contributed by atoms with Crippen LogP contribution in [0.5, 0.6) is 0 Å². The Morgan fingerprint density at radius 1 is 1.28 bits per heavy atom. The van der Waals surface area contributed by atoms with Gasteiger partial charge in [-0.05, 0) is 36.8 Å². The Kier molecular flexibility index (Phi) is 3.90. The van der Waals surface area contributed by atoms with Gasteiger partial charge in [-0.3, -0.25) is 0 Å². The van der Waals surface area contributed by atoms with Gasteiger partial charge in [-0.1, -0.05) is 20.3 Å². The van der Waals surface area contributed by atoms with Crippen LogP contribution in [0.2, 0.25) is 5.28 Å². The molecule has 0 aromatic carbocycles. The average molecular weight is 270 g/mol. The molecule has 0 spiro atoms. The smallest absolute Gasteiger partial charge is 0.229 e. The Morgan fingerprint density at radius 2 is 2.00 bits per heavy atom. The molecular formula is C12H20ClN5. The van der Waals surface area contributed by atoms with Gasteiger partial charge in [0, 0.05) is 12.6 Å². The van der Waals surface area contributed by atoms with E-state index in [9.17, 15) is 0 Å². The van der Waals surface area contributed by atoms with Crippen molar-refractivity contribution in [3.05, 3.63) is 5.28 Å². The van der Waals surface area contributed by atoms with Gasteiger partial charge >= 0.3 is 0 Å². The Balaban J connectivity index is 2.13. The van der Waals surface area contributed by atoms with Crippen LogP contribution in [-0.2, 0) is 0 Å². The van der Waals surface area contributed by atoms with Crippen molar-refractivity contribution in [2.75, 3.05) is 17.2 Å². The van der Waals surface area contributed by atoms with Gasteiger partial charge in [0.05, 0.1) is 0 Å². The zero-order valence-corrected chi connectivity index (χ0v) is 11.9. The van der Waals surface area contributed by atoms with E-state index >= 15 is 0 Å². The van der Waals surface area contributed by atoms with E-state index in [1.54, 1.807) is 0 Å². The van der Waals surface area contributed by atoms with Gasteiger partial charge in [0.15, 0.2) is 0 Å². The fraction of sp³-hybridized carbons (Fsp3) is 0.750. The van der Waals surface area contributed by atoms with Gasteiger partial charge in [0.2, 0.25) is 17.2 Å². The Bertz CT molecular complexity index is 421. The fourth-order valence-electron chi connectivity index (χ4n) is 2.40. The summed E-state index contributed by atoms with van der Waals surface area (Å²) in [7, 11) is 0. The summed E-state index contributed by atoms with van der Waals surface area (Å²) in [4.78, 5) is 12.5. The lowest BCUT2D eigenvalue weighted by Crippen LogP contribution is -2.31. The highest BCUT2D eigenvalue weighted by Crippen LogP contribution is 2.38. The van der Waals surface area contributed by atoms with Gasteiger partial charge in [0.1, 0.15) is 0 Å². The van der Waals surface area contributed by atoms with Crippen LogP contribution in [0.1, 0.15) is 40.0 Å². The van der Waals surface area contributed by atoms with Gasteiger partial charge in [-0.25, -0.2) is 0 Å². The standard InChI is InChI=1S/C12H20ClN5/c1-4-14-10-16-9(13)17-11(18-10)15-8-6-5-7-12(8,2)3/h8H,4-7H2,1-3H3,(H2,14,15,16,17,18). The maximum absolute atomic E-state index is 5.90. The summed E-state index contributed by atoms with van der Waals surface area (Å²) < 4.78 is 0. The third-order valence-electron chi connectivity index (χ3n) is 3.50. The first-order valence-corrected chi connectivity index (χ1v) is 6.81. The molecule has 0 radical (unpaired) electrons. The molecule has 0 bridgehead atoms. The fourth-order valence-corrected chi connectivity index (χ4v) is 2.56. The van der Waals surface area contributed by atoms with Crippen LogP contribution in [0.3, 0.4) is 0 Å². The minimum atomic E-state index is 0.222. The summed E-state index contributed by atoms with van der Waals surface area (Å²) in [6, 6.07) is 0.394. The molecular weight excluding hydrogens is 250 g/mol. The number of hydrogen-bond donors (Lipinski definition) is 2. The lowest BCUT2D eigenvalue weighted by molar-refractivity contribution is 0.349. The third kappa shape index (κ3) is 3.02. The largest absolute Gasteiger partial charge is 0.354 e. The number of nitrogens with one attached hydrogen (secondary N) is 2. The molecule has 1 aromatic rings. The maximum Gasteiger partial charge on any atom is 0.229 e. The second-order valence-electron chi connectivity index (χ2n) is 5.36. The number of anilines is 2. The lowest BCUT2D eigenvalue weighted by atomic mass is 9.87. The number of halogens is 1. The minimum absolute atomic E-state index is 0.222.